The fourth-order valence-corrected chi connectivity index (χ4v) is 8.98. The van der Waals surface area contributed by atoms with Gasteiger partial charge >= 0.3 is 6.18 Å². The zero-order valence-corrected chi connectivity index (χ0v) is 29.8. The molecule has 1 fully saturated rings. The fourth-order valence-electron chi connectivity index (χ4n) is 6.69. The monoisotopic (exact) mass is 733 g/mol. The van der Waals surface area contributed by atoms with E-state index in [9.17, 15) is 13.2 Å². The molecule has 4 nitrogen and oxygen atoms in total. The summed E-state index contributed by atoms with van der Waals surface area (Å²) in [5, 5.41) is -0.0117. The zero-order chi connectivity index (χ0) is 31.9. The smallest absolute Gasteiger partial charge is 0.410 e. The number of hydrogen-bond donors (Lipinski definition) is 0. The third-order valence-electron chi connectivity index (χ3n) is 9.88. The van der Waals surface area contributed by atoms with Crippen molar-refractivity contribution in [3.05, 3.63) is 63.2 Å². The topological polar surface area (TPSA) is 40.6 Å². The zero-order valence-electron chi connectivity index (χ0n) is 26.6. The van der Waals surface area contributed by atoms with Gasteiger partial charge in [0.15, 0.2) is 8.32 Å². The van der Waals surface area contributed by atoms with Crippen LogP contribution in [0.5, 0.6) is 0 Å². The van der Waals surface area contributed by atoms with Crippen molar-refractivity contribution in [3.63, 3.8) is 0 Å². The number of pyridine rings is 1. The number of fused-ring (bicyclic) bond motifs is 4. The van der Waals surface area contributed by atoms with Gasteiger partial charge in [0.05, 0.1) is 22.2 Å². The summed E-state index contributed by atoms with van der Waals surface area (Å²) in [4.78, 5) is 5.33. The van der Waals surface area contributed by atoms with Crippen LogP contribution in [0.3, 0.4) is 0 Å². The number of benzene rings is 1. The summed E-state index contributed by atoms with van der Waals surface area (Å²) < 4.78 is 75.7. The number of alkyl halides is 4. The number of aromatic nitrogens is 1. The molecule has 0 radical (unpaired) electrons. The lowest BCUT2D eigenvalue weighted by Crippen LogP contribution is -2.47. The molecule has 238 valence electrons. The van der Waals surface area contributed by atoms with E-state index in [1.807, 2.05) is 0 Å². The molecule has 1 aromatic carbocycles. The van der Waals surface area contributed by atoms with Crippen molar-refractivity contribution < 1.29 is 31.5 Å². The van der Waals surface area contributed by atoms with Crippen molar-refractivity contribution in [1.29, 1.82) is 0 Å². The van der Waals surface area contributed by atoms with Gasteiger partial charge in [0.2, 0.25) is 0 Å². The lowest BCUT2D eigenvalue weighted by atomic mass is 9.70. The summed E-state index contributed by atoms with van der Waals surface area (Å²) in [6, 6.07) is 3.18. The van der Waals surface area contributed by atoms with Crippen LogP contribution in [0.15, 0.2) is 18.2 Å². The predicted molar refractivity (Wildman–Crippen MR) is 171 cm³/mol. The summed E-state index contributed by atoms with van der Waals surface area (Å²) in [6.45, 7) is 20.9. The molecular formula is C33H44F4INO3Si. The van der Waals surface area contributed by atoms with Gasteiger partial charge < -0.3 is 13.9 Å². The van der Waals surface area contributed by atoms with E-state index in [2.05, 4.69) is 84.2 Å². The first-order valence-electron chi connectivity index (χ1n) is 15.2. The van der Waals surface area contributed by atoms with Gasteiger partial charge in [-0.05, 0) is 60.0 Å². The molecule has 1 aliphatic carbocycles. The molecule has 1 spiro atoms. The Hall–Kier alpha value is -1.08. The summed E-state index contributed by atoms with van der Waals surface area (Å²) in [7, 11) is -2.23. The van der Waals surface area contributed by atoms with Crippen LogP contribution in [0.25, 0.3) is 0 Å². The van der Waals surface area contributed by atoms with E-state index in [1.165, 1.54) is 6.07 Å². The van der Waals surface area contributed by atoms with Crippen LogP contribution in [0.1, 0.15) is 119 Å². The Kier molecular flexibility index (Phi) is 8.53. The molecule has 3 aliphatic rings. The highest BCUT2D eigenvalue weighted by molar-refractivity contribution is 14.1. The molecule has 2 unspecified atom stereocenters. The van der Waals surface area contributed by atoms with Gasteiger partial charge in [-0.15, -0.1) is 0 Å². The van der Waals surface area contributed by atoms with Crippen LogP contribution in [-0.4, -0.2) is 30.4 Å². The van der Waals surface area contributed by atoms with E-state index in [0.717, 1.165) is 53.1 Å². The fraction of sp³-hybridized carbons (Fsp3) is 0.667. The van der Waals surface area contributed by atoms with E-state index in [4.69, 9.17) is 18.9 Å². The van der Waals surface area contributed by atoms with Crippen molar-refractivity contribution in [1.82, 2.24) is 4.98 Å². The minimum absolute atomic E-state index is 0.0110. The Labute approximate surface area is 267 Å². The Balaban J connectivity index is 1.81. The standard InChI is InChI=1S/C33H44F4INO3Si/c1-18(2)28-26-27(25-22(39-28)15-31(6,7)16-23(25)42-43(8,9)30(3,4)5)32(12-13-40-17-24(32)38)41-29(26)19-10-11-20(21(34)14-19)33(35,36)37/h10-11,14,18,23-24,29H,12-13,15-17H2,1-9H3/t23-,24?,29+,32?/m0/s1. The summed E-state index contributed by atoms with van der Waals surface area (Å²) >= 11 is 2.39. The van der Waals surface area contributed by atoms with Crippen molar-refractivity contribution in [2.45, 2.75) is 120 Å². The molecule has 10 heteroatoms. The van der Waals surface area contributed by atoms with Crippen LogP contribution >= 0.6 is 22.6 Å². The Bertz CT molecular complexity index is 1400. The van der Waals surface area contributed by atoms with Gasteiger partial charge in [0, 0.05) is 41.1 Å². The largest absolute Gasteiger partial charge is 0.419 e. The minimum atomic E-state index is -4.78. The molecular weight excluding hydrogens is 689 g/mol. The van der Waals surface area contributed by atoms with Gasteiger partial charge in [0.25, 0.3) is 0 Å². The van der Waals surface area contributed by atoms with Gasteiger partial charge in [-0.1, -0.05) is 77.1 Å². The number of nitrogens with zero attached hydrogens (tertiary/aromatic N) is 1. The number of ether oxygens (including phenoxy) is 2. The molecule has 1 aromatic heterocycles. The maximum absolute atomic E-state index is 15.0. The maximum atomic E-state index is 15.0. The highest BCUT2D eigenvalue weighted by Gasteiger charge is 2.57. The van der Waals surface area contributed by atoms with Gasteiger partial charge in [-0.3, -0.25) is 4.98 Å². The molecule has 0 N–H and O–H groups in total. The van der Waals surface area contributed by atoms with E-state index in [0.29, 0.717) is 25.2 Å². The molecule has 2 aliphatic heterocycles. The van der Waals surface area contributed by atoms with Crippen LogP contribution in [-0.2, 0) is 32.1 Å². The van der Waals surface area contributed by atoms with E-state index < -0.39 is 37.6 Å². The van der Waals surface area contributed by atoms with Crippen LogP contribution in [0, 0.1) is 11.2 Å². The normalized spacial score (nSPS) is 27.5. The summed E-state index contributed by atoms with van der Waals surface area (Å²) in [6.07, 6.45) is -3.57. The van der Waals surface area contributed by atoms with Gasteiger partial charge in [-0.25, -0.2) is 4.39 Å². The van der Waals surface area contributed by atoms with E-state index in [-0.39, 0.29) is 26.4 Å². The van der Waals surface area contributed by atoms with Crippen molar-refractivity contribution >= 4 is 30.9 Å². The molecule has 4 atom stereocenters. The lowest BCUT2D eigenvalue weighted by Gasteiger charge is -2.47. The first kappa shape index (κ1) is 33.3. The van der Waals surface area contributed by atoms with Crippen molar-refractivity contribution in [3.8, 4) is 0 Å². The molecule has 3 heterocycles. The SMILES string of the molecule is CC(C)c1nc2c(c3c1[C@@H](c1ccc(C(F)(F)F)c(F)c1)OC31CCOCC1I)[C@@H](O[Si](C)(C)C(C)(C)C)CC(C)(C)C2. The molecule has 5 rings (SSSR count). The van der Waals surface area contributed by atoms with E-state index >= 15 is 4.39 Å². The summed E-state index contributed by atoms with van der Waals surface area (Å²) in [5.41, 5.74) is 3.12. The average Bonchev–Trinajstić information content (AvgIpc) is 3.18. The quantitative estimate of drug-likeness (QED) is 0.136. The molecule has 0 amide bonds. The van der Waals surface area contributed by atoms with Gasteiger partial charge in [-0.2, -0.15) is 13.2 Å². The van der Waals surface area contributed by atoms with Crippen LogP contribution < -0.4 is 0 Å². The molecule has 0 bridgehead atoms. The predicted octanol–water partition coefficient (Wildman–Crippen LogP) is 9.94. The lowest BCUT2D eigenvalue weighted by molar-refractivity contribution is -0.140. The van der Waals surface area contributed by atoms with E-state index in [1.54, 1.807) is 0 Å². The second kappa shape index (κ2) is 11.0. The first-order valence-corrected chi connectivity index (χ1v) is 19.3. The molecule has 1 saturated heterocycles. The Morgan fingerprint density at radius 2 is 1.79 bits per heavy atom. The number of halogens is 5. The Morgan fingerprint density at radius 3 is 2.35 bits per heavy atom. The Morgan fingerprint density at radius 1 is 1.12 bits per heavy atom. The van der Waals surface area contributed by atoms with Crippen LogP contribution in [0.2, 0.25) is 18.1 Å². The second-order valence-corrected chi connectivity index (χ2v) is 21.4. The third-order valence-corrected chi connectivity index (χ3v) is 15.7. The highest BCUT2D eigenvalue weighted by atomic mass is 127. The summed E-state index contributed by atoms with van der Waals surface area (Å²) in [5.74, 6) is -1.29. The molecule has 0 saturated carbocycles. The second-order valence-electron chi connectivity index (χ2n) is 15.1. The molecule has 2 aromatic rings. The molecule has 43 heavy (non-hydrogen) atoms. The van der Waals surface area contributed by atoms with Crippen LogP contribution in [0.4, 0.5) is 17.6 Å². The number of rotatable bonds is 4. The van der Waals surface area contributed by atoms with Crippen molar-refractivity contribution in [2.24, 2.45) is 5.41 Å². The minimum Gasteiger partial charge on any atom is -0.410 e. The third kappa shape index (κ3) is 5.85. The maximum Gasteiger partial charge on any atom is 0.419 e. The first-order chi connectivity index (χ1) is 19.7. The van der Waals surface area contributed by atoms with Crippen molar-refractivity contribution in [2.75, 3.05) is 13.2 Å². The highest BCUT2D eigenvalue weighted by Crippen LogP contribution is 2.60. The number of hydrogen-bond acceptors (Lipinski definition) is 4. The average molecular weight is 734 g/mol. The van der Waals surface area contributed by atoms with Gasteiger partial charge in [0.1, 0.15) is 17.5 Å².